The van der Waals surface area contributed by atoms with Gasteiger partial charge in [0.15, 0.2) is 0 Å². The molecular formula is C15H19N3. The lowest BCUT2D eigenvalue weighted by Crippen LogP contribution is -2.50. The molecule has 1 atom stereocenters. The van der Waals surface area contributed by atoms with E-state index in [9.17, 15) is 0 Å². The number of rotatable bonds is 1. The number of hydrogen-bond acceptors (Lipinski definition) is 2. The number of hydrogen-bond donors (Lipinski definition) is 1. The van der Waals surface area contributed by atoms with Crippen molar-refractivity contribution < 1.29 is 0 Å². The van der Waals surface area contributed by atoms with Crippen LogP contribution in [0.25, 0.3) is 0 Å². The monoisotopic (exact) mass is 241 g/mol. The minimum atomic E-state index is 0.0293. The van der Waals surface area contributed by atoms with Crippen molar-refractivity contribution in [3.8, 4) is 0 Å². The molecule has 94 valence electrons. The van der Waals surface area contributed by atoms with Crippen molar-refractivity contribution in [3.63, 3.8) is 0 Å². The van der Waals surface area contributed by atoms with Crippen LogP contribution >= 0.6 is 0 Å². The molecule has 2 aromatic rings. The lowest BCUT2D eigenvalue weighted by molar-refractivity contribution is 0.265. The molecule has 0 fully saturated rings. The van der Waals surface area contributed by atoms with Crippen LogP contribution in [0.2, 0.25) is 0 Å². The van der Waals surface area contributed by atoms with Gasteiger partial charge < -0.3 is 9.88 Å². The molecule has 0 saturated carbocycles. The van der Waals surface area contributed by atoms with E-state index in [4.69, 9.17) is 0 Å². The van der Waals surface area contributed by atoms with Gasteiger partial charge in [0.05, 0.1) is 18.1 Å². The van der Waals surface area contributed by atoms with Crippen molar-refractivity contribution in [3.05, 3.63) is 53.6 Å². The number of aromatic nitrogens is 2. The standard InChI is InChI=1S/C15H19N3/c1-11-9-18(10-16-11)14-13-7-5-4-6-12(13)8-17-15(14,2)3/h4-7,9-10,14,17H,8H2,1-3H3. The Balaban J connectivity index is 2.15. The van der Waals surface area contributed by atoms with Crippen LogP contribution in [0.1, 0.15) is 36.7 Å². The Kier molecular flexibility index (Phi) is 2.52. The van der Waals surface area contributed by atoms with Crippen LogP contribution in [0.15, 0.2) is 36.8 Å². The van der Waals surface area contributed by atoms with Crippen molar-refractivity contribution >= 4 is 0 Å². The van der Waals surface area contributed by atoms with E-state index in [1.165, 1.54) is 11.1 Å². The minimum absolute atomic E-state index is 0.0293. The zero-order valence-corrected chi connectivity index (χ0v) is 11.1. The molecule has 0 aliphatic carbocycles. The number of imidazole rings is 1. The highest BCUT2D eigenvalue weighted by Gasteiger charge is 2.36. The zero-order valence-electron chi connectivity index (χ0n) is 11.1. The maximum Gasteiger partial charge on any atom is 0.0955 e. The molecule has 1 aromatic heterocycles. The largest absolute Gasteiger partial charge is 0.328 e. The summed E-state index contributed by atoms with van der Waals surface area (Å²) in [5.41, 5.74) is 3.88. The third-order valence-electron chi connectivity index (χ3n) is 3.80. The molecule has 3 heteroatoms. The summed E-state index contributed by atoms with van der Waals surface area (Å²) in [6.45, 7) is 7.48. The van der Waals surface area contributed by atoms with Crippen molar-refractivity contribution in [2.24, 2.45) is 0 Å². The summed E-state index contributed by atoms with van der Waals surface area (Å²) < 4.78 is 2.22. The first-order valence-corrected chi connectivity index (χ1v) is 6.41. The van der Waals surface area contributed by atoms with Gasteiger partial charge in [-0.1, -0.05) is 24.3 Å². The molecule has 1 N–H and O–H groups in total. The predicted molar refractivity (Wildman–Crippen MR) is 72.5 cm³/mol. The molecule has 3 nitrogen and oxygen atoms in total. The van der Waals surface area contributed by atoms with Gasteiger partial charge in [0, 0.05) is 18.3 Å². The predicted octanol–water partition coefficient (Wildman–Crippen LogP) is 2.66. The van der Waals surface area contributed by atoms with Crippen LogP contribution in [-0.2, 0) is 6.54 Å². The topological polar surface area (TPSA) is 29.9 Å². The van der Waals surface area contributed by atoms with Crippen molar-refractivity contribution in [2.45, 2.75) is 38.9 Å². The molecule has 0 spiro atoms. The first-order valence-electron chi connectivity index (χ1n) is 6.41. The van der Waals surface area contributed by atoms with Crippen LogP contribution in [0.5, 0.6) is 0 Å². The normalized spacial score (nSPS) is 21.6. The van der Waals surface area contributed by atoms with Crippen LogP contribution in [0, 0.1) is 6.92 Å². The molecule has 1 aliphatic rings. The summed E-state index contributed by atoms with van der Waals surface area (Å²) in [7, 11) is 0. The Morgan fingerprint density at radius 2 is 2.11 bits per heavy atom. The van der Waals surface area contributed by atoms with Gasteiger partial charge >= 0.3 is 0 Å². The van der Waals surface area contributed by atoms with E-state index >= 15 is 0 Å². The third-order valence-corrected chi connectivity index (χ3v) is 3.80. The quantitative estimate of drug-likeness (QED) is 0.832. The molecule has 0 bridgehead atoms. The molecular weight excluding hydrogens is 222 g/mol. The highest BCUT2D eigenvalue weighted by atomic mass is 15.1. The smallest absolute Gasteiger partial charge is 0.0955 e. The van der Waals surface area contributed by atoms with Crippen LogP contribution in [0.4, 0.5) is 0 Å². The fourth-order valence-corrected chi connectivity index (χ4v) is 2.89. The second-order valence-electron chi connectivity index (χ2n) is 5.64. The number of nitrogens with one attached hydrogen (secondary N) is 1. The van der Waals surface area contributed by atoms with Crippen LogP contribution < -0.4 is 5.32 Å². The molecule has 0 amide bonds. The second-order valence-corrected chi connectivity index (χ2v) is 5.64. The first kappa shape index (κ1) is 11.5. The van der Waals surface area contributed by atoms with Gasteiger partial charge in [-0.05, 0) is 31.9 Å². The fraction of sp³-hybridized carbons (Fsp3) is 0.400. The van der Waals surface area contributed by atoms with Crippen molar-refractivity contribution in [2.75, 3.05) is 0 Å². The molecule has 0 radical (unpaired) electrons. The fourth-order valence-electron chi connectivity index (χ4n) is 2.89. The lowest BCUT2D eigenvalue weighted by atomic mass is 9.82. The third kappa shape index (κ3) is 1.75. The highest BCUT2D eigenvalue weighted by Crippen LogP contribution is 2.35. The maximum atomic E-state index is 4.37. The van der Waals surface area contributed by atoms with E-state index in [-0.39, 0.29) is 5.54 Å². The van der Waals surface area contributed by atoms with Gasteiger partial charge in [0.2, 0.25) is 0 Å². The summed E-state index contributed by atoms with van der Waals surface area (Å²) in [5, 5.41) is 3.62. The summed E-state index contributed by atoms with van der Waals surface area (Å²) in [5.74, 6) is 0. The molecule has 3 rings (SSSR count). The Bertz CT molecular complexity index is 569. The average molecular weight is 241 g/mol. The molecule has 18 heavy (non-hydrogen) atoms. The van der Waals surface area contributed by atoms with E-state index in [1.54, 1.807) is 0 Å². The molecule has 1 unspecified atom stereocenters. The minimum Gasteiger partial charge on any atom is -0.328 e. The number of fused-ring (bicyclic) bond motifs is 1. The van der Waals surface area contributed by atoms with Crippen LogP contribution in [-0.4, -0.2) is 15.1 Å². The van der Waals surface area contributed by atoms with E-state index < -0.39 is 0 Å². The van der Waals surface area contributed by atoms with Gasteiger partial charge in [-0.2, -0.15) is 0 Å². The lowest BCUT2D eigenvalue weighted by Gasteiger charge is -2.41. The maximum absolute atomic E-state index is 4.37. The van der Waals surface area contributed by atoms with Crippen molar-refractivity contribution in [1.29, 1.82) is 0 Å². The number of aryl methyl sites for hydroxylation is 1. The zero-order chi connectivity index (χ0) is 12.8. The van der Waals surface area contributed by atoms with Crippen molar-refractivity contribution in [1.82, 2.24) is 14.9 Å². The summed E-state index contributed by atoms with van der Waals surface area (Å²) >= 11 is 0. The van der Waals surface area contributed by atoms with Gasteiger partial charge in [0.25, 0.3) is 0 Å². The summed E-state index contributed by atoms with van der Waals surface area (Å²) in [6.07, 6.45) is 4.06. The van der Waals surface area contributed by atoms with Gasteiger partial charge in [-0.25, -0.2) is 4.98 Å². The van der Waals surface area contributed by atoms with Crippen LogP contribution in [0.3, 0.4) is 0 Å². The van der Waals surface area contributed by atoms with Gasteiger partial charge in [-0.3, -0.25) is 0 Å². The molecule has 2 heterocycles. The Morgan fingerprint density at radius 1 is 1.33 bits per heavy atom. The second kappa shape index (κ2) is 3.95. The Labute approximate surface area is 108 Å². The summed E-state index contributed by atoms with van der Waals surface area (Å²) in [4.78, 5) is 4.37. The van der Waals surface area contributed by atoms with Gasteiger partial charge in [0.1, 0.15) is 0 Å². The summed E-state index contributed by atoms with van der Waals surface area (Å²) in [6, 6.07) is 8.96. The molecule has 0 saturated heterocycles. The molecule has 1 aromatic carbocycles. The average Bonchev–Trinajstić information content (AvgIpc) is 2.74. The first-order chi connectivity index (χ1) is 8.58. The number of benzene rings is 1. The molecule has 1 aliphatic heterocycles. The van der Waals surface area contributed by atoms with E-state index in [2.05, 4.69) is 59.2 Å². The highest BCUT2D eigenvalue weighted by molar-refractivity contribution is 5.35. The van der Waals surface area contributed by atoms with E-state index in [0.29, 0.717) is 6.04 Å². The Hall–Kier alpha value is -1.61. The van der Waals surface area contributed by atoms with E-state index in [1.807, 2.05) is 13.3 Å². The SMILES string of the molecule is Cc1cn(C2c3ccccc3CNC2(C)C)cn1. The Morgan fingerprint density at radius 3 is 2.83 bits per heavy atom. The van der Waals surface area contributed by atoms with E-state index in [0.717, 1.165) is 12.2 Å². The number of nitrogens with zero attached hydrogens (tertiary/aromatic N) is 2. The van der Waals surface area contributed by atoms with Gasteiger partial charge in [-0.15, -0.1) is 0 Å².